The van der Waals surface area contributed by atoms with Gasteiger partial charge in [-0.2, -0.15) is 0 Å². The molecule has 0 bridgehead atoms. The Bertz CT molecular complexity index is 816. The largest absolute Gasteiger partial charge is 0.484 e. The monoisotopic (exact) mass is 384 g/mol. The molecule has 6 heteroatoms. The average molecular weight is 384 g/mol. The van der Waals surface area contributed by atoms with Gasteiger partial charge in [-0.15, -0.1) is 0 Å². The molecule has 0 aromatic heterocycles. The molecule has 1 unspecified atom stereocenters. The van der Waals surface area contributed by atoms with E-state index in [4.69, 9.17) is 9.47 Å². The molecule has 150 valence electrons. The number of hydrogen-bond acceptors (Lipinski definition) is 4. The predicted molar refractivity (Wildman–Crippen MR) is 108 cm³/mol. The van der Waals surface area contributed by atoms with Crippen LogP contribution >= 0.6 is 0 Å². The Labute approximate surface area is 166 Å². The normalized spacial score (nSPS) is 11.6. The molecule has 0 aliphatic carbocycles. The van der Waals surface area contributed by atoms with E-state index in [0.29, 0.717) is 17.4 Å². The maximum Gasteiger partial charge on any atom is 0.279 e. The van der Waals surface area contributed by atoms with E-state index >= 15 is 0 Å². The Morgan fingerprint density at radius 3 is 2.29 bits per heavy atom. The molecule has 2 aromatic rings. The summed E-state index contributed by atoms with van der Waals surface area (Å²) in [5.41, 5.74) is 7.86. The number of hydrogen-bond donors (Lipinski definition) is 2. The van der Waals surface area contributed by atoms with Crippen molar-refractivity contribution in [1.82, 2.24) is 10.9 Å². The first-order valence-electron chi connectivity index (χ1n) is 9.31. The molecule has 0 saturated carbocycles. The highest BCUT2D eigenvalue weighted by molar-refractivity contribution is 5.85. The lowest BCUT2D eigenvalue weighted by Gasteiger charge is -2.17. The molecule has 0 spiro atoms. The molecule has 0 radical (unpaired) electrons. The van der Waals surface area contributed by atoms with E-state index in [-0.39, 0.29) is 6.61 Å². The lowest BCUT2D eigenvalue weighted by atomic mass is 10.0. The van der Waals surface area contributed by atoms with E-state index in [1.807, 2.05) is 56.3 Å². The van der Waals surface area contributed by atoms with Gasteiger partial charge in [0.25, 0.3) is 11.8 Å². The second-order valence-corrected chi connectivity index (χ2v) is 7.08. The van der Waals surface area contributed by atoms with Crippen LogP contribution in [-0.4, -0.2) is 24.5 Å². The summed E-state index contributed by atoms with van der Waals surface area (Å²) in [6.45, 7) is 9.50. The molecule has 0 aliphatic heterocycles. The second kappa shape index (κ2) is 9.78. The summed E-state index contributed by atoms with van der Waals surface area (Å²) >= 11 is 0. The summed E-state index contributed by atoms with van der Waals surface area (Å²) in [5, 5.41) is 0. The van der Waals surface area contributed by atoms with Gasteiger partial charge in [0, 0.05) is 0 Å². The molecular weight excluding hydrogens is 356 g/mol. The van der Waals surface area contributed by atoms with E-state index in [0.717, 1.165) is 11.1 Å². The number of nitrogens with one attached hydrogen (secondary N) is 2. The Morgan fingerprint density at radius 1 is 0.964 bits per heavy atom. The number of carbonyl (C=O) groups is 2. The molecule has 2 rings (SSSR count). The molecule has 2 amide bonds. The molecule has 1 atom stereocenters. The van der Waals surface area contributed by atoms with Crippen LogP contribution in [0.5, 0.6) is 11.5 Å². The zero-order valence-corrected chi connectivity index (χ0v) is 17.0. The van der Waals surface area contributed by atoms with Gasteiger partial charge >= 0.3 is 0 Å². The number of rotatable bonds is 7. The quantitative estimate of drug-likeness (QED) is 0.717. The number of hydrazine groups is 1. The fourth-order valence-corrected chi connectivity index (χ4v) is 2.45. The lowest BCUT2D eigenvalue weighted by Crippen LogP contribution is -2.48. The van der Waals surface area contributed by atoms with Crippen molar-refractivity contribution in [2.24, 2.45) is 0 Å². The smallest absolute Gasteiger partial charge is 0.279 e. The highest BCUT2D eigenvalue weighted by Crippen LogP contribution is 2.20. The van der Waals surface area contributed by atoms with E-state index < -0.39 is 17.9 Å². The minimum Gasteiger partial charge on any atom is -0.484 e. The lowest BCUT2D eigenvalue weighted by molar-refractivity contribution is -0.133. The van der Waals surface area contributed by atoms with E-state index in [1.165, 1.54) is 5.56 Å². The molecule has 2 N–H and O–H groups in total. The summed E-state index contributed by atoms with van der Waals surface area (Å²) in [4.78, 5) is 24.0. The van der Waals surface area contributed by atoms with Crippen molar-refractivity contribution < 1.29 is 19.1 Å². The number of amides is 2. The van der Waals surface area contributed by atoms with Crippen LogP contribution in [0.3, 0.4) is 0 Å². The summed E-state index contributed by atoms with van der Waals surface area (Å²) in [6, 6.07) is 13.3. The van der Waals surface area contributed by atoms with Crippen molar-refractivity contribution in [2.75, 3.05) is 6.61 Å². The van der Waals surface area contributed by atoms with Crippen LogP contribution in [0.1, 0.15) is 43.4 Å². The zero-order chi connectivity index (χ0) is 20.7. The van der Waals surface area contributed by atoms with Gasteiger partial charge in [0.05, 0.1) is 0 Å². The van der Waals surface area contributed by atoms with E-state index in [9.17, 15) is 9.59 Å². The van der Waals surface area contributed by atoms with Crippen LogP contribution in [0.2, 0.25) is 0 Å². The third kappa shape index (κ3) is 6.30. The first kappa shape index (κ1) is 21.3. The maximum atomic E-state index is 12.1. The van der Waals surface area contributed by atoms with Gasteiger partial charge in [0.15, 0.2) is 12.7 Å². The summed E-state index contributed by atoms with van der Waals surface area (Å²) in [6.07, 6.45) is -0.759. The summed E-state index contributed by atoms with van der Waals surface area (Å²) < 4.78 is 11.1. The predicted octanol–water partition coefficient (Wildman–Crippen LogP) is 3.42. The maximum absolute atomic E-state index is 12.1. The number of benzene rings is 2. The average Bonchev–Trinajstić information content (AvgIpc) is 2.67. The minimum absolute atomic E-state index is 0.201. The van der Waals surface area contributed by atoms with Gasteiger partial charge < -0.3 is 9.47 Å². The molecular formula is C22H28N2O4. The molecule has 0 fully saturated rings. The van der Waals surface area contributed by atoms with Crippen LogP contribution in [0, 0.1) is 13.8 Å². The third-order valence-electron chi connectivity index (χ3n) is 4.26. The van der Waals surface area contributed by atoms with E-state index in [2.05, 4.69) is 24.7 Å². The molecule has 28 heavy (non-hydrogen) atoms. The first-order chi connectivity index (χ1) is 13.3. The van der Waals surface area contributed by atoms with Gasteiger partial charge in [0.1, 0.15) is 11.5 Å². The van der Waals surface area contributed by atoms with Crippen molar-refractivity contribution in [3.63, 3.8) is 0 Å². The van der Waals surface area contributed by atoms with Gasteiger partial charge in [-0.05, 0) is 61.6 Å². The Morgan fingerprint density at radius 2 is 1.64 bits per heavy atom. The highest BCUT2D eigenvalue weighted by atomic mass is 16.5. The van der Waals surface area contributed by atoms with Crippen LogP contribution in [0.25, 0.3) is 0 Å². The highest BCUT2D eigenvalue weighted by Gasteiger charge is 2.16. The number of aryl methyl sites for hydroxylation is 2. The van der Waals surface area contributed by atoms with Gasteiger partial charge in [-0.1, -0.05) is 38.1 Å². The zero-order valence-electron chi connectivity index (χ0n) is 17.0. The van der Waals surface area contributed by atoms with Crippen molar-refractivity contribution >= 4 is 11.8 Å². The van der Waals surface area contributed by atoms with Crippen LogP contribution in [0.4, 0.5) is 0 Å². The van der Waals surface area contributed by atoms with Crippen molar-refractivity contribution in [1.29, 1.82) is 0 Å². The fourth-order valence-electron chi connectivity index (χ4n) is 2.45. The third-order valence-corrected chi connectivity index (χ3v) is 4.26. The van der Waals surface area contributed by atoms with E-state index in [1.54, 1.807) is 6.92 Å². The van der Waals surface area contributed by atoms with Crippen LogP contribution < -0.4 is 20.3 Å². The minimum atomic E-state index is -0.759. The molecule has 0 heterocycles. The number of ether oxygens (including phenoxy) is 2. The summed E-state index contributed by atoms with van der Waals surface area (Å²) in [5.74, 6) is 0.760. The fraction of sp³-hybridized carbons (Fsp3) is 0.364. The van der Waals surface area contributed by atoms with Gasteiger partial charge in [-0.3, -0.25) is 20.4 Å². The SMILES string of the molecule is Cc1ccc(C)c(OC(C)C(=O)NNC(=O)COc2ccc(C(C)C)cc2)c1. The van der Waals surface area contributed by atoms with Crippen LogP contribution in [0.15, 0.2) is 42.5 Å². The Kier molecular flexibility index (Phi) is 7.44. The molecule has 6 nitrogen and oxygen atoms in total. The first-order valence-corrected chi connectivity index (χ1v) is 9.31. The second-order valence-electron chi connectivity index (χ2n) is 7.08. The topological polar surface area (TPSA) is 76.7 Å². The standard InChI is InChI=1S/C22H28N2O4/c1-14(2)18-8-10-19(11-9-18)27-13-21(25)23-24-22(26)17(5)28-20-12-15(3)6-7-16(20)4/h6-12,14,17H,13H2,1-5H3,(H,23,25)(H,24,26). The summed E-state index contributed by atoms with van der Waals surface area (Å²) in [7, 11) is 0. The van der Waals surface area contributed by atoms with Gasteiger partial charge in [0.2, 0.25) is 0 Å². The molecule has 2 aromatic carbocycles. The van der Waals surface area contributed by atoms with Crippen molar-refractivity contribution in [2.45, 2.75) is 46.6 Å². The van der Waals surface area contributed by atoms with Crippen molar-refractivity contribution in [3.8, 4) is 11.5 Å². The van der Waals surface area contributed by atoms with Crippen LogP contribution in [-0.2, 0) is 9.59 Å². The Hall–Kier alpha value is -3.02. The van der Waals surface area contributed by atoms with Crippen molar-refractivity contribution in [3.05, 3.63) is 59.2 Å². The van der Waals surface area contributed by atoms with Gasteiger partial charge in [-0.25, -0.2) is 0 Å². The molecule has 0 aliphatic rings. The Balaban J connectivity index is 1.76. The molecule has 0 saturated heterocycles. The number of carbonyl (C=O) groups excluding carboxylic acids is 2.